The van der Waals surface area contributed by atoms with Gasteiger partial charge in [0.15, 0.2) is 0 Å². The van der Waals surface area contributed by atoms with Crippen LogP contribution in [0.4, 0.5) is 4.39 Å². The Morgan fingerprint density at radius 2 is 1.92 bits per heavy atom. The highest BCUT2D eigenvalue weighted by atomic mass is 19.1. The summed E-state index contributed by atoms with van der Waals surface area (Å²) in [5.41, 5.74) is 0.975. The second-order valence-electron chi connectivity index (χ2n) is 2.92. The molecule has 0 aliphatic rings. The molecule has 12 heavy (non-hydrogen) atoms. The number of hydrogen-bond acceptors (Lipinski definition) is 1. The monoisotopic (exact) mass is 168 g/mol. The van der Waals surface area contributed by atoms with E-state index in [2.05, 4.69) is 0 Å². The van der Waals surface area contributed by atoms with Crippen molar-refractivity contribution >= 4 is 0 Å². The average molecular weight is 168 g/mol. The molecule has 2 unspecified atom stereocenters. The first-order valence-corrected chi connectivity index (χ1v) is 4.04. The van der Waals surface area contributed by atoms with E-state index in [9.17, 15) is 9.50 Å². The maximum absolute atomic E-state index is 12.1. The summed E-state index contributed by atoms with van der Waals surface area (Å²) < 4.78 is 12.1. The van der Waals surface area contributed by atoms with Crippen LogP contribution in [0.2, 0.25) is 0 Å². The summed E-state index contributed by atoms with van der Waals surface area (Å²) in [6.07, 6.45) is -0.882. The van der Waals surface area contributed by atoms with Crippen LogP contribution in [-0.4, -0.2) is 17.9 Å². The fraction of sp³-hybridized carbons (Fsp3) is 0.400. The highest BCUT2D eigenvalue weighted by Crippen LogP contribution is 2.18. The quantitative estimate of drug-likeness (QED) is 0.733. The van der Waals surface area contributed by atoms with Crippen LogP contribution in [0, 0.1) is 0 Å². The Morgan fingerprint density at radius 1 is 1.33 bits per heavy atom. The first-order chi connectivity index (χ1) is 5.75. The van der Waals surface area contributed by atoms with Gasteiger partial charge in [0.25, 0.3) is 0 Å². The van der Waals surface area contributed by atoms with Gasteiger partial charge >= 0.3 is 0 Å². The van der Waals surface area contributed by atoms with E-state index >= 15 is 0 Å². The summed E-state index contributed by atoms with van der Waals surface area (Å²) >= 11 is 0. The van der Waals surface area contributed by atoms with Crippen molar-refractivity contribution in [2.45, 2.75) is 18.9 Å². The lowest BCUT2D eigenvalue weighted by molar-refractivity contribution is 0.117. The summed E-state index contributed by atoms with van der Waals surface area (Å²) in [5.74, 6) is -0.129. The molecule has 0 bridgehead atoms. The molecule has 0 radical (unpaired) electrons. The van der Waals surface area contributed by atoms with Crippen LogP contribution < -0.4 is 0 Å². The number of halogens is 1. The predicted octanol–water partition coefficient (Wildman–Crippen LogP) is 2.12. The molecule has 0 spiro atoms. The van der Waals surface area contributed by atoms with Crippen molar-refractivity contribution in [3.05, 3.63) is 35.9 Å². The zero-order chi connectivity index (χ0) is 8.97. The Morgan fingerprint density at radius 3 is 2.42 bits per heavy atom. The SMILES string of the molecule is CC(c1ccccc1)C(O)CF. The Balaban J connectivity index is 2.71. The van der Waals surface area contributed by atoms with E-state index in [1.165, 1.54) is 0 Å². The van der Waals surface area contributed by atoms with Gasteiger partial charge < -0.3 is 5.11 Å². The van der Waals surface area contributed by atoms with Gasteiger partial charge in [0, 0.05) is 5.92 Å². The molecule has 2 atom stereocenters. The summed E-state index contributed by atoms with van der Waals surface area (Å²) in [4.78, 5) is 0. The largest absolute Gasteiger partial charge is 0.390 e. The predicted molar refractivity (Wildman–Crippen MR) is 46.8 cm³/mol. The van der Waals surface area contributed by atoms with Crippen molar-refractivity contribution < 1.29 is 9.50 Å². The smallest absolute Gasteiger partial charge is 0.116 e. The molecule has 0 fully saturated rings. The Bertz CT molecular complexity index is 223. The average Bonchev–Trinajstić information content (AvgIpc) is 2.17. The number of hydrogen-bond donors (Lipinski definition) is 1. The minimum Gasteiger partial charge on any atom is -0.390 e. The molecule has 0 heterocycles. The third-order valence-corrected chi connectivity index (χ3v) is 2.06. The van der Waals surface area contributed by atoms with E-state index in [0.717, 1.165) is 5.56 Å². The molecule has 0 aliphatic heterocycles. The summed E-state index contributed by atoms with van der Waals surface area (Å²) in [6.45, 7) is 1.13. The van der Waals surface area contributed by atoms with Gasteiger partial charge in [0.05, 0.1) is 6.10 Å². The van der Waals surface area contributed by atoms with Crippen LogP contribution in [0.15, 0.2) is 30.3 Å². The molecule has 0 aliphatic carbocycles. The molecule has 1 aromatic carbocycles. The normalized spacial score (nSPS) is 15.6. The Hall–Kier alpha value is -0.890. The van der Waals surface area contributed by atoms with Crippen molar-refractivity contribution in [1.29, 1.82) is 0 Å². The number of alkyl halides is 1. The molecule has 1 rings (SSSR count). The van der Waals surface area contributed by atoms with Crippen LogP contribution in [0.25, 0.3) is 0 Å². The molecule has 2 heteroatoms. The first-order valence-electron chi connectivity index (χ1n) is 4.04. The van der Waals surface area contributed by atoms with Gasteiger partial charge in [-0.05, 0) is 5.56 Å². The van der Waals surface area contributed by atoms with Gasteiger partial charge in [-0.1, -0.05) is 37.3 Å². The molecule has 66 valence electrons. The molecule has 0 amide bonds. The van der Waals surface area contributed by atoms with Gasteiger partial charge in [-0.15, -0.1) is 0 Å². The zero-order valence-electron chi connectivity index (χ0n) is 7.07. The van der Waals surface area contributed by atoms with E-state index in [1.807, 2.05) is 37.3 Å². The molecule has 0 saturated heterocycles. The number of rotatable bonds is 3. The third kappa shape index (κ3) is 2.05. The van der Waals surface area contributed by atoms with Crippen molar-refractivity contribution in [2.24, 2.45) is 0 Å². The standard InChI is InChI=1S/C10H13FO/c1-8(10(12)7-11)9-5-3-2-4-6-9/h2-6,8,10,12H,7H2,1H3. The van der Waals surface area contributed by atoms with Crippen LogP contribution in [0.5, 0.6) is 0 Å². The maximum atomic E-state index is 12.1. The number of benzene rings is 1. The van der Waals surface area contributed by atoms with Crippen LogP contribution in [-0.2, 0) is 0 Å². The van der Waals surface area contributed by atoms with E-state index in [0.29, 0.717) is 0 Å². The molecule has 0 saturated carbocycles. The highest BCUT2D eigenvalue weighted by Gasteiger charge is 2.14. The lowest BCUT2D eigenvalue weighted by Crippen LogP contribution is -2.17. The van der Waals surface area contributed by atoms with Crippen LogP contribution >= 0.6 is 0 Å². The van der Waals surface area contributed by atoms with Gasteiger partial charge in [0.1, 0.15) is 6.67 Å². The van der Waals surface area contributed by atoms with Gasteiger partial charge in [-0.25, -0.2) is 4.39 Å². The third-order valence-electron chi connectivity index (χ3n) is 2.06. The van der Waals surface area contributed by atoms with Crippen molar-refractivity contribution in [2.75, 3.05) is 6.67 Å². The molecule has 1 nitrogen and oxygen atoms in total. The number of aliphatic hydroxyl groups is 1. The second kappa shape index (κ2) is 4.21. The molecule has 1 N–H and O–H groups in total. The summed E-state index contributed by atoms with van der Waals surface area (Å²) in [5, 5.41) is 9.20. The minimum absolute atomic E-state index is 0.129. The molecular formula is C10H13FO. The van der Waals surface area contributed by atoms with E-state index < -0.39 is 12.8 Å². The lowest BCUT2D eigenvalue weighted by atomic mass is 9.96. The Kier molecular flexibility index (Phi) is 3.23. The number of aliphatic hydroxyl groups excluding tert-OH is 1. The molecule has 1 aromatic rings. The minimum atomic E-state index is -0.882. The van der Waals surface area contributed by atoms with Gasteiger partial charge in [0.2, 0.25) is 0 Å². The topological polar surface area (TPSA) is 20.2 Å². The maximum Gasteiger partial charge on any atom is 0.116 e. The second-order valence-corrected chi connectivity index (χ2v) is 2.92. The van der Waals surface area contributed by atoms with Gasteiger partial charge in [-0.2, -0.15) is 0 Å². The fourth-order valence-electron chi connectivity index (χ4n) is 1.11. The fourth-order valence-corrected chi connectivity index (χ4v) is 1.11. The van der Waals surface area contributed by atoms with Crippen molar-refractivity contribution in [1.82, 2.24) is 0 Å². The van der Waals surface area contributed by atoms with Crippen LogP contribution in [0.1, 0.15) is 18.4 Å². The van der Waals surface area contributed by atoms with E-state index in [-0.39, 0.29) is 5.92 Å². The first kappa shape index (κ1) is 9.20. The van der Waals surface area contributed by atoms with Gasteiger partial charge in [-0.3, -0.25) is 0 Å². The Labute approximate surface area is 71.9 Å². The van der Waals surface area contributed by atoms with Crippen molar-refractivity contribution in [3.63, 3.8) is 0 Å². The lowest BCUT2D eigenvalue weighted by Gasteiger charge is -2.15. The van der Waals surface area contributed by atoms with E-state index in [4.69, 9.17) is 0 Å². The zero-order valence-corrected chi connectivity index (χ0v) is 7.07. The molecule has 0 aromatic heterocycles. The molecular weight excluding hydrogens is 155 g/mol. The summed E-state index contributed by atoms with van der Waals surface area (Å²) in [7, 11) is 0. The highest BCUT2D eigenvalue weighted by molar-refractivity contribution is 5.19. The van der Waals surface area contributed by atoms with Crippen molar-refractivity contribution in [3.8, 4) is 0 Å². The summed E-state index contributed by atoms with van der Waals surface area (Å²) in [6, 6.07) is 9.46. The van der Waals surface area contributed by atoms with E-state index in [1.54, 1.807) is 0 Å². The van der Waals surface area contributed by atoms with Crippen LogP contribution in [0.3, 0.4) is 0 Å².